The lowest BCUT2D eigenvalue weighted by molar-refractivity contribution is 1.18. The fraction of sp³-hybridized carbons (Fsp3) is 0.600. The Morgan fingerprint density at radius 2 is 1.88 bits per heavy atom. The molecule has 0 atom stereocenters. The third kappa shape index (κ3) is 6.91. The summed E-state index contributed by atoms with van der Waals surface area (Å²) in [4.78, 5) is 0. The molecule has 0 N–H and O–H groups in total. The average Bonchev–Trinajstić information content (AvgIpc) is 2.48. The van der Waals surface area contributed by atoms with E-state index >= 15 is 0 Å². The molecule has 3 heteroatoms. The van der Waals surface area contributed by atoms with Crippen molar-refractivity contribution in [1.29, 1.82) is 0 Å². The SMILES string of the molecule is [C]#CC1CC1.[Cl][Mg][Cl]. The Balaban J connectivity index is 0.000000145. The summed E-state index contributed by atoms with van der Waals surface area (Å²) < 4.78 is 0. The smallest absolute Gasteiger partial charge is 0.309 e. The summed E-state index contributed by atoms with van der Waals surface area (Å²) in [5.74, 6) is 2.94. The highest BCUT2D eigenvalue weighted by Gasteiger charge is 2.16. The van der Waals surface area contributed by atoms with Gasteiger partial charge in [0.05, 0.1) is 0 Å². The second-order valence-electron chi connectivity index (χ2n) is 1.52. The van der Waals surface area contributed by atoms with Crippen LogP contribution in [0.15, 0.2) is 0 Å². The Hall–Kier alpha value is 0.906. The highest BCUT2D eigenvalue weighted by molar-refractivity contribution is 7.22. The molecule has 1 radical (unpaired) electrons. The Morgan fingerprint density at radius 3 is 1.88 bits per heavy atom. The number of hydrogen-bond donors (Lipinski definition) is 0. The molecular formula is C5H5Cl2Mg. The van der Waals surface area contributed by atoms with Crippen LogP contribution in [0.1, 0.15) is 12.8 Å². The minimum Gasteiger partial charge on any atom is -0.309 e. The quantitative estimate of drug-likeness (QED) is 0.375. The Bertz CT molecular complexity index is 82.9. The van der Waals surface area contributed by atoms with Crippen molar-refractivity contribution in [2.45, 2.75) is 12.8 Å². The summed E-state index contributed by atoms with van der Waals surface area (Å²) in [5, 5.41) is 0. The summed E-state index contributed by atoms with van der Waals surface area (Å²) >= 11 is -0.639. The first kappa shape index (κ1) is 8.91. The number of halogens is 2. The lowest BCUT2D eigenvalue weighted by atomic mass is 10.5. The summed E-state index contributed by atoms with van der Waals surface area (Å²) in [7, 11) is 9.81. The van der Waals surface area contributed by atoms with Crippen LogP contribution in [0.4, 0.5) is 0 Å². The van der Waals surface area contributed by atoms with Gasteiger partial charge in [-0.15, -0.1) is 0 Å². The van der Waals surface area contributed by atoms with Crippen LogP contribution in [0.3, 0.4) is 0 Å². The van der Waals surface area contributed by atoms with E-state index in [4.69, 9.17) is 24.6 Å². The first-order valence-electron chi connectivity index (χ1n) is 2.39. The predicted molar refractivity (Wildman–Crippen MR) is 37.3 cm³/mol. The zero-order valence-corrected chi connectivity index (χ0v) is 7.38. The Kier molecular flexibility index (Phi) is 6.72. The van der Waals surface area contributed by atoms with E-state index in [1.807, 2.05) is 0 Å². The third-order valence-electron chi connectivity index (χ3n) is 0.781. The first-order chi connectivity index (χ1) is 3.85. The third-order valence-corrected chi connectivity index (χ3v) is 0.781. The zero-order chi connectivity index (χ0) is 6.41. The van der Waals surface area contributed by atoms with Gasteiger partial charge < -0.3 is 18.1 Å². The van der Waals surface area contributed by atoms with Gasteiger partial charge in [-0.05, 0) is 19.3 Å². The van der Waals surface area contributed by atoms with Gasteiger partial charge in [-0.1, -0.05) is 5.92 Å². The topological polar surface area (TPSA) is 0 Å². The molecule has 1 rings (SSSR count). The molecule has 0 aromatic heterocycles. The molecular weight excluding hydrogens is 155 g/mol. The van der Waals surface area contributed by atoms with Gasteiger partial charge in [0.2, 0.25) is 0 Å². The summed E-state index contributed by atoms with van der Waals surface area (Å²) in [5.41, 5.74) is 0. The van der Waals surface area contributed by atoms with Crippen LogP contribution in [0.25, 0.3) is 0 Å². The number of hydrogen-bond acceptors (Lipinski definition) is 0. The molecule has 0 aromatic rings. The molecule has 1 aliphatic rings. The fourth-order valence-electron chi connectivity index (χ4n) is 0.228. The van der Waals surface area contributed by atoms with Gasteiger partial charge in [0.15, 0.2) is 0 Å². The van der Waals surface area contributed by atoms with Crippen LogP contribution in [-0.4, -0.2) is 18.2 Å². The average molecular weight is 160 g/mol. The predicted octanol–water partition coefficient (Wildman–Crippen LogP) is 1.98. The van der Waals surface area contributed by atoms with Gasteiger partial charge in [-0.2, -0.15) is 0 Å². The van der Waals surface area contributed by atoms with Crippen LogP contribution in [0, 0.1) is 18.3 Å². The second-order valence-corrected chi connectivity index (χ2v) is 4.15. The van der Waals surface area contributed by atoms with Crippen molar-refractivity contribution in [2.24, 2.45) is 5.92 Å². The van der Waals surface area contributed by atoms with E-state index in [1.54, 1.807) is 0 Å². The molecule has 41 valence electrons. The molecule has 0 spiro atoms. The van der Waals surface area contributed by atoms with Gasteiger partial charge in [0.25, 0.3) is 0 Å². The Morgan fingerprint density at radius 1 is 1.50 bits per heavy atom. The van der Waals surface area contributed by atoms with E-state index in [-0.39, 0.29) is 0 Å². The monoisotopic (exact) mass is 159 g/mol. The van der Waals surface area contributed by atoms with Crippen LogP contribution in [-0.2, 0) is 0 Å². The largest absolute Gasteiger partial charge is 0.618 e. The maximum atomic E-state index is 6.47. The summed E-state index contributed by atoms with van der Waals surface area (Å²) in [6, 6.07) is 0. The highest BCUT2D eigenvalue weighted by atomic mass is 35.6. The van der Waals surface area contributed by atoms with Gasteiger partial charge >= 0.3 is 18.2 Å². The van der Waals surface area contributed by atoms with Crippen molar-refractivity contribution in [2.75, 3.05) is 0 Å². The van der Waals surface area contributed by atoms with Crippen LogP contribution >= 0.6 is 18.1 Å². The van der Waals surface area contributed by atoms with Crippen LogP contribution < -0.4 is 0 Å². The molecule has 1 fully saturated rings. The molecule has 0 saturated heterocycles. The molecule has 0 bridgehead atoms. The fourth-order valence-corrected chi connectivity index (χ4v) is 0.228. The highest BCUT2D eigenvalue weighted by Crippen LogP contribution is 2.26. The standard InChI is InChI=1S/C5H5.2ClH.Mg/c1-2-5-3-4-5;;;/h5H,3-4H2;2*1H;/q;;;+2/p-2. The van der Waals surface area contributed by atoms with Gasteiger partial charge in [-0.3, -0.25) is 0 Å². The lowest BCUT2D eigenvalue weighted by Gasteiger charge is -1.56. The first-order valence-corrected chi connectivity index (χ1v) is 6.67. The van der Waals surface area contributed by atoms with Gasteiger partial charge in [0, 0.05) is 5.92 Å². The molecule has 0 aromatic carbocycles. The number of rotatable bonds is 0. The van der Waals surface area contributed by atoms with E-state index in [9.17, 15) is 0 Å². The second kappa shape index (κ2) is 6.03. The van der Waals surface area contributed by atoms with Crippen molar-refractivity contribution in [3.63, 3.8) is 0 Å². The van der Waals surface area contributed by atoms with Crippen molar-refractivity contribution in [1.82, 2.24) is 0 Å². The molecule has 1 aliphatic carbocycles. The van der Waals surface area contributed by atoms with Gasteiger partial charge in [-0.25, -0.2) is 0 Å². The van der Waals surface area contributed by atoms with Crippen molar-refractivity contribution in [3.05, 3.63) is 6.42 Å². The van der Waals surface area contributed by atoms with E-state index in [2.05, 4.69) is 5.92 Å². The summed E-state index contributed by atoms with van der Waals surface area (Å²) in [6.45, 7) is 0. The molecule has 0 unspecified atom stereocenters. The van der Waals surface area contributed by atoms with E-state index in [1.165, 1.54) is 12.8 Å². The lowest BCUT2D eigenvalue weighted by Crippen LogP contribution is -1.52. The molecule has 0 aliphatic heterocycles. The zero-order valence-electron chi connectivity index (χ0n) is 4.45. The maximum Gasteiger partial charge on any atom is 0.618 e. The molecule has 0 heterocycles. The Labute approximate surface area is 67.2 Å². The van der Waals surface area contributed by atoms with E-state index in [0.29, 0.717) is 5.92 Å². The van der Waals surface area contributed by atoms with E-state index in [0.717, 1.165) is 0 Å². The van der Waals surface area contributed by atoms with Gasteiger partial charge in [0.1, 0.15) is 0 Å². The van der Waals surface area contributed by atoms with Crippen LogP contribution in [0.5, 0.6) is 0 Å². The minimum absolute atomic E-state index is 0.551. The molecule has 8 heavy (non-hydrogen) atoms. The molecule has 0 nitrogen and oxygen atoms in total. The molecule has 1 saturated carbocycles. The van der Waals surface area contributed by atoms with E-state index < -0.39 is 18.2 Å². The normalized spacial score (nSPS) is 14.6. The van der Waals surface area contributed by atoms with Crippen molar-refractivity contribution in [3.8, 4) is 5.92 Å². The molecule has 0 amide bonds. The summed E-state index contributed by atoms with van der Waals surface area (Å²) in [6.07, 6.45) is 8.89. The van der Waals surface area contributed by atoms with Crippen LogP contribution in [0.2, 0.25) is 0 Å². The minimum atomic E-state index is -0.639. The van der Waals surface area contributed by atoms with Crippen molar-refractivity contribution >= 4 is 36.3 Å². The van der Waals surface area contributed by atoms with Crippen molar-refractivity contribution < 1.29 is 0 Å². The maximum absolute atomic E-state index is 6.47.